The Hall–Kier alpha value is -2.64. The predicted molar refractivity (Wildman–Crippen MR) is 117 cm³/mol. The largest absolute Gasteiger partial charge is 0.312 e. The molecule has 1 N–H and O–H groups in total. The molecule has 8 heteroatoms. The fourth-order valence-corrected chi connectivity index (χ4v) is 4.91. The summed E-state index contributed by atoms with van der Waals surface area (Å²) in [5.41, 5.74) is 2.17. The zero-order chi connectivity index (χ0) is 21.4. The molecule has 0 saturated heterocycles. The summed E-state index contributed by atoms with van der Waals surface area (Å²) in [5.74, 6) is -0.681. The lowest BCUT2D eigenvalue weighted by molar-refractivity contribution is -0.116. The minimum absolute atomic E-state index is 0.0691. The molecule has 1 unspecified atom stereocenters. The third-order valence-corrected chi connectivity index (χ3v) is 6.53. The zero-order valence-electron chi connectivity index (χ0n) is 16.4. The fraction of sp³-hybridized carbons (Fsp3) is 0.227. The van der Waals surface area contributed by atoms with Crippen LogP contribution in [0, 0.1) is 12.7 Å². The normalized spacial score (nSPS) is 15.6. The van der Waals surface area contributed by atoms with Crippen molar-refractivity contribution in [1.82, 2.24) is 9.55 Å². The van der Waals surface area contributed by atoms with Gasteiger partial charge in [-0.1, -0.05) is 59.3 Å². The monoisotopic (exact) mass is 443 g/mol. The van der Waals surface area contributed by atoms with Gasteiger partial charge in [0, 0.05) is 35.7 Å². The van der Waals surface area contributed by atoms with Gasteiger partial charge in [0.2, 0.25) is 5.91 Å². The van der Waals surface area contributed by atoms with Crippen molar-refractivity contribution < 1.29 is 9.18 Å². The third-order valence-electron chi connectivity index (χ3n) is 5.10. The number of rotatable bonds is 4. The molecule has 1 aromatic heterocycles. The minimum Gasteiger partial charge on any atom is -0.312 e. The Morgan fingerprint density at radius 2 is 2.00 bits per heavy atom. The van der Waals surface area contributed by atoms with Crippen LogP contribution in [0.1, 0.15) is 34.6 Å². The second kappa shape index (κ2) is 8.24. The van der Waals surface area contributed by atoms with Gasteiger partial charge < -0.3 is 9.88 Å². The van der Waals surface area contributed by atoms with E-state index >= 15 is 0 Å². The molecule has 2 aromatic carbocycles. The van der Waals surface area contributed by atoms with Gasteiger partial charge in [0.1, 0.15) is 11.6 Å². The maximum atomic E-state index is 14.6. The Bertz CT molecular complexity index is 1190. The summed E-state index contributed by atoms with van der Waals surface area (Å²) in [6.07, 6.45) is -0.0691. The van der Waals surface area contributed by atoms with Gasteiger partial charge in [-0.2, -0.15) is 4.98 Å². The lowest BCUT2D eigenvalue weighted by Gasteiger charge is -2.28. The second-order valence-corrected chi connectivity index (χ2v) is 8.59. The van der Waals surface area contributed by atoms with E-state index in [0.717, 1.165) is 11.1 Å². The van der Waals surface area contributed by atoms with Gasteiger partial charge in [0.15, 0.2) is 5.16 Å². The molecule has 1 amide bonds. The van der Waals surface area contributed by atoms with Gasteiger partial charge in [-0.25, -0.2) is 4.39 Å². The first-order valence-electron chi connectivity index (χ1n) is 9.38. The van der Waals surface area contributed by atoms with E-state index < -0.39 is 17.3 Å². The lowest BCUT2D eigenvalue weighted by atomic mass is 9.86. The molecule has 2 heterocycles. The quantitative estimate of drug-likeness (QED) is 0.471. The summed E-state index contributed by atoms with van der Waals surface area (Å²) >= 11 is 7.63. The number of carbonyl (C=O) groups excluding carboxylic acids is 1. The maximum absolute atomic E-state index is 14.6. The molecule has 0 radical (unpaired) electrons. The van der Waals surface area contributed by atoms with Crippen molar-refractivity contribution in [2.45, 2.75) is 30.2 Å². The summed E-state index contributed by atoms with van der Waals surface area (Å²) in [5, 5.41) is 3.41. The molecule has 0 aliphatic carbocycles. The number of aryl methyl sites for hydroxylation is 1. The molecular weight excluding hydrogens is 425 g/mol. The molecule has 0 saturated carbocycles. The average molecular weight is 444 g/mol. The lowest BCUT2D eigenvalue weighted by Crippen LogP contribution is -2.34. The van der Waals surface area contributed by atoms with E-state index in [1.54, 1.807) is 17.7 Å². The summed E-state index contributed by atoms with van der Waals surface area (Å²) in [6.45, 7) is 2.02. The van der Waals surface area contributed by atoms with Gasteiger partial charge in [0.05, 0.1) is 5.56 Å². The van der Waals surface area contributed by atoms with Crippen LogP contribution in [0.25, 0.3) is 0 Å². The molecule has 154 valence electrons. The van der Waals surface area contributed by atoms with Crippen LogP contribution in [-0.2, 0) is 17.6 Å². The number of carbonyl (C=O) groups is 1. The Morgan fingerprint density at radius 1 is 1.23 bits per heavy atom. The molecule has 1 atom stereocenters. The number of nitrogens with zero attached hydrogens (tertiary/aromatic N) is 2. The Labute approximate surface area is 182 Å². The Kier molecular flexibility index (Phi) is 5.66. The van der Waals surface area contributed by atoms with Crippen LogP contribution in [0.3, 0.4) is 0 Å². The van der Waals surface area contributed by atoms with Crippen molar-refractivity contribution in [2.24, 2.45) is 7.05 Å². The number of hydrogen-bond donors (Lipinski definition) is 1. The van der Waals surface area contributed by atoms with Crippen LogP contribution in [-0.4, -0.2) is 15.5 Å². The fourth-order valence-electron chi connectivity index (χ4n) is 3.70. The maximum Gasteiger partial charge on any atom is 0.279 e. The van der Waals surface area contributed by atoms with Crippen LogP contribution in [0.15, 0.2) is 52.4 Å². The first kappa shape index (κ1) is 20.6. The highest BCUT2D eigenvalue weighted by atomic mass is 35.5. The van der Waals surface area contributed by atoms with Crippen molar-refractivity contribution in [3.8, 4) is 0 Å². The first-order valence-corrected chi connectivity index (χ1v) is 10.7. The highest BCUT2D eigenvalue weighted by molar-refractivity contribution is 7.98. The SMILES string of the molecule is Cc1cccc(CSc2nc(=O)c3c(n2C)NC(=O)CC3c2c(F)cccc2Cl)c1. The minimum atomic E-state index is -0.788. The van der Waals surface area contributed by atoms with Crippen molar-refractivity contribution >= 4 is 35.1 Å². The number of nitrogens with one attached hydrogen (secondary N) is 1. The Balaban J connectivity index is 1.76. The van der Waals surface area contributed by atoms with Gasteiger partial charge in [0.25, 0.3) is 5.56 Å². The molecule has 1 aliphatic heterocycles. The molecule has 4 rings (SSSR count). The van der Waals surface area contributed by atoms with Gasteiger partial charge in [-0.05, 0) is 24.6 Å². The molecule has 0 fully saturated rings. The van der Waals surface area contributed by atoms with E-state index in [-0.39, 0.29) is 28.5 Å². The number of thioether (sulfide) groups is 1. The zero-order valence-corrected chi connectivity index (χ0v) is 18.0. The van der Waals surface area contributed by atoms with Crippen molar-refractivity contribution in [1.29, 1.82) is 0 Å². The number of anilines is 1. The number of amides is 1. The van der Waals surface area contributed by atoms with Crippen LogP contribution in [0.2, 0.25) is 5.02 Å². The standard InChI is InChI=1S/C22H19ClFN3O2S/c1-12-5-3-6-13(9-12)11-30-22-26-21(29)19-14(10-17(28)25-20(19)27(22)2)18-15(23)7-4-8-16(18)24/h3-9,14H,10-11H2,1-2H3,(H,25,28). The summed E-state index contributed by atoms with van der Waals surface area (Å²) < 4.78 is 16.2. The number of aromatic nitrogens is 2. The number of hydrogen-bond acceptors (Lipinski definition) is 4. The van der Waals surface area contributed by atoms with Crippen LogP contribution in [0.4, 0.5) is 10.2 Å². The van der Waals surface area contributed by atoms with E-state index in [0.29, 0.717) is 16.7 Å². The predicted octanol–water partition coefficient (Wildman–Crippen LogP) is 4.65. The van der Waals surface area contributed by atoms with Crippen LogP contribution < -0.4 is 10.9 Å². The molecule has 3 aromatic rings. The number of benzene rings is 2. The van der Waals surface area contributed by atoms with Crippen LogP contribution >= 0.6 is 23.4 Å². The van der Waals surface area contributed by atoms with Crippen molar-refractivity contribution in [2.75, 3.05) is 5.32 Å². The second-order valence-electron chi connectivity index (χ2n) is 7.24. The Morgan fingerprint density at radius 3 is 2.73 bits per heavy atom. The van der Waals surface area contributed by atoms with E-state index in [1.165, 1.54) is 23.9 Å². The van der Waals surface area contributed by atoms with E-state index in [2.05, 4.69) is 16.4 Å². The first-order chi connectivity index (χ1) is 14.3. The average Bonchev–Trinajstić information content (AvgIpc) is 2.69. The topological polar surface area (TPSA) is 64.0 Å². The molecule has 0 bridgehead atoms. The van der Waals surface area contributed by atoms with Crippen molar-refractivity contribution in [3.63, 3.8) is 0 Å². The number of fused-ring (bicyclic) bond motifs is 1. The molecule has 30 heavy (non-hydrogen) atoms. The summed E-state index contributed by atoms with van der Waals surface area (Å²) in [7, 11) is 1.73. The van der Waals surface area contributed by atoms with Gasteiger partial charge in [-0.15, -0.1) is 0 Å². The molecule has 0 spiro atoms. The van der Waals surface area contributed by atoms with Crippen LogP contribution in [0.5, 0.6) is 0 Å². The van der Waals surface area contributed by atoms with Crippen molar-refractivity contribution in [3.05, 3.63) is 85.9 Å². The smallest absolute Gasteiger partial charge is 0.279 e. The highest BCUT2D eigenvalue weighted by Crippen LogP contribution is 2.39. The number of halogens is 2. The summed E-state index contributed by atoms with van der Waals surface area (Å²) in [6, 6.07) is 12.4. The van der Waals surface area contributed by atoms with Gasteiger partial charge >= 0.3 is 0 Å². The molecule has 1 aliphatic rings. The van der Waals surface area contributed by atoms with E-state index in [1.807, 2.05) is 25.1 Å². The van der Waals surface area contributed by atoms with Gasteiger partial charge in [-0.3, -0.25) is 9.59 Å². The van der Waals surface area contributed by atoms with E-state index in [9.17, 15) is 14.0 Å². The molecule has 5 nitrogen and oxygen atoms in total. The summed E-state index contributed by atoms with van der Waals surface area (Å²) in [4.78, 5) is 29.6. The highest BCUT2D eigenvalue weighted by Gasteiger charge is 2.34. The molecular formula is C22H19ClFN3O2S. The van der Waals surface area contributed by atoms with E-state index in [4.69, 9.17) is 11.6 Å². The third kappa shape index (κ3) is 3.87.